The van der Waals surface area contributed by atoms with Crippen molar-refractivity contribution < 1.29 is 93.8 Å². The topological polar surface area (TPSA) is 293 Å². The number of aliphatic hydroxyl groups excluding tert-OH is 10. The fourth-order valence-electron chi connectivity index (χ4n) is 14.2. The van der Waals surface area contributed by atoms with Crippen molar-refractivity contribution in [2.75, 3.05) is 33.0 Å². The molecule has 0 aromatic carbocycles. The van der Waals surface area contributed by atoms with Gasteiger partial charge in [0.2, 0.25) is 0 Å². The molecule has 0 bridgehead atoms. The van der Waals surface area contributed by atoms with E-state index in [9.17, 15) is 55.9 Å². The lowest BCUT2D eigenvalue weighted by Gasteiger charge is -2.60. The fraction of sp³-hybridized carbons (Fsp3) is 0.977. The molecule has 19 heteroatoms. The van der Waals surface area contributed by atoms with Crippen LogP contribution in [0.5, 0.6) is 0 Å². The summed E-state index contributed by atoms with van der Waals surface area (Å²) >= 11 is 0. The summed E-state index contributed by atoms with van der Waals surface area (Å²) in [5.74, 6) is 0.867. The van der Waals surface area contributed by atoms with E-state index in [1.54, 1.807) is 0 Å². The predicted octanol–water partition coefficient (Wildman–Crippen LogP) is -1.94. The molecule has 0 aromatic rings. The first-order valence-electron chi connectivity index (χ1n) is 23.3. The highest BCUT2D eigenvalue weighted by Crippen LogP contribution is 2.71. The van der Waals surface area contributed by atoms with Gasteiger partial charge < -0.3 is 89.0 Å². The van der Waals surface area contributed by atoms with Crippen LogP contribution in [-0.2, 0) is 42.7 Å². The molecule has 26 atom stereocenters. The molecule has 5 heterocycles. The predicted molar refractivity (Wildman–Crippen MR) is 211 cm³/mol. The van der Waals surface area contributed by atoms with Gasteiger partial charge in [-0.05, 0) is 79.4 Å². The number of carbonyl (C=O) groups is 1. The molecule has 63 heavy (non-hydrogen) atoms. The van der Waals surface area contributed by atoms with Gasteiger partial charge in [0.05, 0.1) is 38.6 Å². The SMILES string of the molecule is C[C@H]1[C@H]2[C@H](C[C@H]3[C@@H]4CC(=O)[C@H]5C[C@@H](O[C@@H]6O[C@H](CO[C@@H]7OC[C@H](O)[C@H](O)[C@H]7O)[C@@H](O[C@@H]7O[C@H](CO)[C@@H](O)[C@H](O)[C@H]7O)[C@H](O)[C@H]6O)CC[C@]5(C)[C@H]4CC[C@]23C)O[C@]12CC[C@@H](CO)CO2. The lowest BCUT2D eigenvalue weighted by molar-refractivity contribution is -0.369. The molecule has 19 nitrogen and oxygen atoms in total. The number of rotatable bonds is 9. The lowest BCUT2D eigenvalue weighted by atomic mass is 9.44. The van der Waals surface area contributed by atoms with Gasteiger partial charge in [-0.25, -0.2) is 0 Å². The Morgan fingerprint density at radius 3 is 2.11 bits per heavy atom. The van der Waals surface area contributed by atoms with E-state index in [1.807, 2.05) is 0 Å². The van der Waals surface area contributed by atoms with Crippen molar-refractivity contribution >= 4 is 5.78 Å². The Labute approximate surface area is 366 Å². The average Bonchev–Trinajstić information content (AvgIpc) is 3.71. The number of ether oxygens (including phenoxy) is 8. The van der Waals surface area contributed by atoms with Gasteiger partial charge in [-0.1, -0.05) is 20.8 Å². The largest absolute Gasteiger partial charge is 0.396 e. The zero-order valence-corrected chi connectivity index (χ0v) is 36.3. The van der Waals surface area contributed by atoms with Crippen molar-refractivity contribution in [3.8, 4) is 0 Å². The number of Topliss-reactive ketones (excluding diaryl/α,β-unsaturated/α-hetero) is 1. The Hall–Kier alpha value is -1.05. The third-order valence-corrected chi connectivity index (χ3v) is 17.8. The molecule has 0 radical (unpaired) electrons. The maximum atomic E-state index is 14.4. The molecule has 0 unspecified atom stereocenters. The van der Waals surface area contributed by atoms with Gasteiger partial charge in [0, 0.05) is 37.2 Å². The maximum Gasteiger partial charge on any atom is 0.187 e. The summed E-state index contributed by atoms with van der Waals surface area (Å²) in [6.45, 7) is 5.96. The molecule has 360 valence electrons. The average molecular weight is 903 g/mol. The van der Waals surface area contributed by atoms with Crippen molar-refractivity contribution in [2.24, 2.45) is 52.3 Å². The van der Waals surface area contributed by atoms with Gasteiger partial charge >= 0.3 is 0 Å². The van der Waals surface area contributed by atoms with Crippen LogP contribution in [0, 0.1) is 52.3 Å². The van der Waals surface area contributed by atoms with Crippen LogP contribution in [0.3, 0.4) is 0 Å². The summed E-state index contributed by atoms with van der Waals surface area (Å²) in [6, 6.07) is 0. The van der Waals surface area contributed by atoms with Crippen LogP contribution in [0.15, 0.2) is 0 Å². The molecular weight excluding hydrogens is 832 g/mol. The molecule has 0 aromatic heterocycles. The molecule has 1 spiro atoms. The first kappa shape index (κ1) is 47.0. The minimum Gasteiger partial charge on any atom is -0.396 e. The second-order valence-corrected chi connectivity index (χ2v) is 21.0. The van der Waals surface area contributed by atoms with Crippen LogP contribution in [-0.4, -0.2) is 194 Å². The Balaban J connectivity index is 0.873. The molecule has 4 aliphatic carbocycles. The van der Waals surface area contributed by atoms with Crippen molar-refractivity contribution in [2.45, 2.75) is 183 Å². The number of ketones is 1. The third kappa shape index (κ3) is 7.88. The zero-order chi connectivity index (χ0) is 44.9. The van der Waals surface area contributed by atoms with E-state index in [0.29, 0.717) is 50.0 Å². The highest BCUT2D eigenvalue weighted by Gasteiger charge is 2.70. The zero-order valence-electron chi connectivity index (χ0n) is 36.3. The molecule has 9 rings (SSSR count). The minimum absolute atomic E-state index is 0.0118. The first-order chi connectivity index (χ1) is 29.9. The molecule has 9 aliphatic rings. The number of hydrogen-bond acceptors (Lipinski definition) is 19. The Morgan fingerprint density at radius 2 is 1.40 bits per heavy atom. The second kappa shape index (κ2) is 17.8. The van der Waals surface area contributed by atoms with E-state index in [4.69, 9.17) is 37.9 Å². The van der Waals surface area contributed by atoms with E-state index in [-0.39, 0.29) is 59.6 Å². The molecule has 5 aliphatic heterocycles. The highest BCUT2D eigenvalue weighted by molar-refractivity contribution is 5.83. The number of carbonyl (C=O) groups excluding carboxylic acids is 1. The Kier molecular flexibility index (Phi) is 13.3. The van der Waals surface area contributed by atoms with Crippen molar-refractivity contribution in [3.05, 3.63) is 0 Å². The highest BCUT2D eigenvalue weighted by atomic mass is 16.8. The smallest absolute Gasteiger partial charge is 0.187 e. The summed E-state index contributed by atoms with van der Waals surface area (Å²) in [6.07, 6.45) is -16.1. The number of hydrogen-bond donors (Lipinski definition) is 10. The van der Waals surface area contributed by atoms with Crippen molar-refractivity contribution in [1.82, 2.24) is 0 Å². The van der Waals surface area contributed by atoms with E-state index in [2.05, 4.69) is 20.8 Å². The molecule has 0 amide bonds. The maximum absolute atomic E-state index is 14.4. The summed E-state index contributed by atoms with van der Waals surface area (Å²) in [5.41, 5.74) is -0.262. The van der Waals surface area contributed by atoms with E-state index in [1.165, 1.54) is 0 Å². The van der Waals surface area contributed by atoms with Gasteiger partial charge in [0.1, 0.15) is 72.9 Å². The second-order valence-electron chi connectivity index (χ2n) is 21.0. The van der Waals surface area contributed by atoms with Gasteiger partial charge in [-0.15, -0.1) is 0 Å². The van der Waals surface area contributed by atoms with Gasteiger partial charge in [0.15, 0.2) is 24.7 Å². The third-order valence-electron chi connectivity index (χ3n) is 17.8. The minimum atomic E-state index is -1.85. The number of fused-ring (bicyclic) bond motifs is 7. The van der Waals surface area contributed by atoms with E-state index < -0.39 is 111 Å². The van der Waals surface area contributed by atoms with Crippen LogP contribution in [0.1, 0.15) is 78.6 Å². The van der Waals surface area contributed by atoms with E-state index in [0.717, 1.165) is 32.1 Å². The Morgan fingerprint density at radius 1 is 0.698 bits per heavy atom. The van der Waals surface area contributed by atoms with Crippen LogP contribution >= 0.6 is 0 Å². The monoisotopic (exact) mass is 902 g/mol. The molecule has 5 saturated heterocycles. The molecular formula is C44H70O19. The van der Waals surface area contributed by atoms with Gasteiger partial charge in [0.25, 0.3) is 0 Å². The summed E-state index contributed by atoms with van der Waals surface area (Å²) in [5, 5.41) is 105. The summed E-state index contributed by atoms with van der Waals surface area (Å²) in [7, 11) is 0. The quantitative estimate of drug-likeness (QED) is 0.113. The van der Waals surface area contributed by atoms with Gasteiger partial charge in [-0.2, -0.15) is 0 Å². The van der Waals surface area contributed by atoms with Crippen molar-refractivity contribution in [3.63, 3.8) is 0 Å². The molecule has 9 fully saturated rings. The van der Waals surface area contributed by atoms with E-state index >= 15 is 0 Å². The molecule has 4 saturated carbocycles. The van der Waals surface area contributed by atoms with Crippen molar-refractivity contribution in [1.29, 1.82) is 0 Å². The van der Waals surface area contributed by atoms with Crippen LogP contribution < -0.4 is 0 Å². The number of aliphatic hydroxyl groups is 10. The Bertz CT molecular complexity index is 1610. The molecule has 10 N–H and O–H groups in total. The standard InChI is InChI=1S/C44H70O19/c1-18-30-27(63-44(18)9-4-19(13-45)15-58-44)12-23-21-11-25(47)24-10-20(5-7-42(24,2)22(21)6-8-43(23,30)3)59-40-37(55)34(52)38(62-41-36(54)33(51)32(50)28(14-46)60-41)29(61-40)17-57-39-35(53)31(49)26(48)16-56-39/h18-24,26-41,45-46,48-55H,4-17H2,1-3H3/t18-,19-,20-,21+,22-,23-,24+,26-,27-,28+,29+,30-,31-,32+,33-,34+,35+,36+,37+,38+,39-,40+,41-,42+,43-,44+/m0/s1. The van der Waals surface area contributed by atoms with Crippen LogP contribution in [0.4, 0.5) is 0 Å². The van der Waals surface area contributed by atoms with Gasteiger partial charge in [-0.3, -0.25) is 4.79 Å². The summed E-state index contributed by atoms with van der Waals surface area (Å²) in [4.78, 5) is 14.4. The summed E-state index contributed by atoms with van der Waals surface area (Å²) < 4.78 is 48.5. The normalized spacial score (nSPS) is 57.0. The van der Waals surface area contributed by atoms with Crippen LogP contribution in [0.2, 0.25) is 0 Å². The fourth-order valence-corrected chi connectivity index (χ4v) is 14.2. The van der Waals surface area contributed by atoms with Crippen LogP contribution in [0.25, 0.3) is 0 Å². The first-order valence-corrected chi connectivity index (χ1v) is 23.3. The lowest BCUT2D eigenvalue weighted by Crippen LogP contribution is -2.65.